The Labute approximate surface area is 151 Å². The molecule has 1 saturated heterocycles. The Balaban J connectivity index is 1.59. The molecule has 5 nitrogen and oxygen atoms in total. The molecule has 3 amide bonds. The molecule has 0 unspecified atom stereocenters. The summed E-state index contributed by atoms with van der Waals surface area (Å²) in [6.45, 7) is 0.279. The first-order valence-corrected chi connectivity index (χ1v) is 9.07. The fourth-order valence-electron chi connectivity index (χ4n) is 2.18. The molecule has 1 N–H and O–H groups in total. The Kier molecular flexibility index (Phi) is 5.30. The van der Waals surface area contributed by atoms with Crippen molar-refractivity contribution >= 4 is 46.2 Å². The molecule has 2 heterocycles. The number of carbonyl (C=O) groups excluding carboxylic acids is 3. The smallest absolute Gasteiger partial charge is 0.293 e. The van der Waals surface area contributed by atoms with E-state index in [0.717, 1.165) is 16.7 Å². The molecular weight excluding hydrogens is 363 g/mol. The van der Waals surface area contributed by atoms with Crippen molar-refractivity contribution in [1.82, 2.24) is 10.2 Å². The van der Waals surface area contributed by atoms with E-state index >= 15 is 0 Å². The summed E-state index contributed by atoms with van der Waals surface area (Å²) in [6.07, 6.45) is 1.55. The van der Waals surface area contributed by atoms with Crippen molar-refractivity contribution in [3.8, 4) is 0 Å². The zero-order valence-corrected chi connectivity index (χ0v) is 14.5. The van der Waals surface area contributed by atoms with Crippen LogP contribution >= 0.6 is 23.1 Å². The highest BCUT2D eigenvalue weighted by Gasteiger charge is 2.34. The summed E-state index contributed by atoms with van der Waals surface area (Å²) in [4.78, 5) is 38.1. The number of benzene rings is 1. The largest absolute Gasteiger partial charge is 0.350 e. The number of hydrogen-bond donors (Lipinski definition) is 1. The van der Waals surface area contributed by atoms with Crippen molar-refractivity contribution in [3.05, 3.63) is 62.9 Å². The second-order valence-corrected chi connectivity index (χ2v) is 7.06. The maximum absolute atomic E-state index is 12.9. The summed E-state index contributed by atoms with van der Waals surface area (Å²) in [5, 5.41) is 4.09. The van der Waals surface area contributed by atoms with Crippen LogP contribution in [0.3, 0.4) is 0 Å². The summed E-state index contributed by atoms with van der Waals surface area (Å²) in [6, 6.07) is 9.11. The summed E-state index contributed by atoms with van der Waals surface area (Å²) in [5.41, 5.74) is 0.637. The number of carbonyl (C=O) groups is 3. The molecule has 0 saturated carbocycles. The number of amides is 3. The molecule has 1 fully saturated rings. The van der Waals surface area contributed by atoms with Crippen molar-refractivity contribution in [1.29, 1.82) is 0 Å². The van der Waals surface area contributed by atoms with Crippen LogP contribution in [0.2, 0.25) is 0 Å². The van der Waals surface area contributed by atoms with Crippen LogP contribution in [0.1, 0.15) is 15.2 Å². The number of halogens is 1. The molecule has 0 atom stereocenters. The molecule has 0 bridgehead atoms. The van der Waals surface area contributed by atoms with E-state index < -0.39 is 5.91 Å². The Hall–Kier alpha value is -2.45. The number of rotatable bonds is 5. The van der Waals surface area contributed by atoms with Gasteiger partial charge in [0.05, 0.1) is 9.78 Å². The summed E-state index contributed by atoms with van der Waals surface area (Å²) in [7, 11) is 0. The van der Waals surface area contributed by atoms with Crippen molar-refractivity contribution in [2.75, 3.05) is 13.1 Å². The van der Waals surface area contributed by atoms with E-state index in [4.69, 9.17) is 0 Å². The summed E-state index contributed by atoms with van der Waals surface area (Å²) in [5.74, 6) is -1.01. The molecule has 1 aromatic heterocycles. The van der Waals surface area contributed by atoms with Crippen LogP contribution in [0, 0.1) is 5.82 Å². The highest BCUT2D eigenvalue weighted by atomic mass is 32.2. The fourth-order valence-corrected chi connectivity index (χ4v) is 3.68. The van der Waals surface area contributed by atoms with Gasteiger partial charge in [-0.15, -0.1) is 11.3 Å². The van der Waals surface area contributed by atoms with Gasteiger partial charge in [0, 0.05) is 13.1 Å². The topological polar surface area (TPSA) is 66.5 Å². The molecular formula is C17H13FN2O3S2. The van der Waals surface area contributed by atoms with Gasteiger partial charge in [-0.25, -0.2) is 4.39 Å². The number of thioether (sulfide) groups is 1. The van der Waals surface area contributed by atoms with Gasteiger partial charge < -0.3 is 5.32 Å². The van der Waals surface area contributed by atoms with E-state index in [2.05, 4.69) is 5.32 Å². The van der Waals surface area contributed by atoms with Gasteiger partial charge >= 0.3 is 0 Å². The van der Waals surface area contributed by atoms with Crippen LogP contribution in [0.15, 0.2) is 46.7 Å². The normalized spacial score (nSPS) is 15.9. The van der Waals surface area contributed by atoms with Gasteiger partial charge in [-0.05, 0) is 47.0 Å². The van der Waals surface area contributed by atoms with Crippen molar-refractivity contribution < 1.29 is 18.8 Å². The van der Waals surface area contributed by atoms with E-state index in [1.54, 1.807) is 23.6 Å². The maximum atomic E-state index is 12.9. The average molecular weight is 376 g/mol. The molecule has 0 spiro atoms. The third kappa shape index (κ3) is 4.15. The molecule has 0 radical (unpaired) electrons. The van der Waals surface area contributed by atoms with E-state index in [9.17, 15) is 18.8 Å². The van der Waals surface area contributed by atoms with Gasteiger partial charge in [0.15, 0.2) is 0 Å². The molecule has 8 heteroatoms. The Bertz CT molecular complexity index is 832. The monoisotopic (exact) mass is 376 g/mol. The van der Waals surface area contributed by atoms with Gasteiger partial charge in [0.2, 0.25) is 0 Å². The maximum Gasteiger partial charge on any atom is 0.293 e. The Morgan fingerprint density at radius 1 is 1.20 bits per heavy atom. The highest BCUT2D eigenvalue weighted by molar-refractivity contribution is 8.18. The molecule has 1 aliphatic heterocycles. The number of nitrogens with zero attached hydrogens (tertiary/aromatic N) is 1. The van der Waals surface area contributed by atoms with E-state index in [-0.39, 0.29) is 35.0 Å². The zero-order valence-electron chi connectivity index (χ0n) is 12.9. The quantitative estimate of drug-likeness (QED) is 0.813. The first-order chi connectivity index (χ1) is 12.0. The van der Waals surface area contributed by atoms with E-state index in [1.165, 1.54) is 35.6 Å². The second kappa shape index (κ2) is 7.62. The van der Waals surface area contributed by atoms with Gasteiger partial charge in [-0.2, -0.15) is 0 Å². The van der Waals surface area contributed by atoms with Crippen molar-refractivity contribution in [3.63, 3.8) is 0 Å². The standard InChI is InChI=1S/C17H13FN2O3S2/c18-12-5-3-11(4-6-12)10-14-16(22)20(17(23)25-14)8-7-19-15(21)13-2-1-9-24-13/h1-6,9-10H,7-8H2,(H,19,21). The molecule has 1 aliphatic rings. The van der Waals surface area contributed by atoms with E-state index in [1.807, 2.05) is 0 Å². The van der Waals surface area contributed by atoms with Crippen molar-refractivity contribution in [2.45, 2.75) is 0 Å². The SMILES string of the molecule is O=C(NCCN1C(=O)SC(=Cc2ccc(F)cc2)C1=O)c1cccs1. The van der Waals surface area contributed by atoms with Crippen LogP contribution in [-0.4, -0.2) is 35.0 Å². The van der Waals surface area contributed by atoms with Crippen LogP contribution in [0.4, 0.5) is 9.18 Å². The molecule has 128 valence electrons. The van der Waals surface area contributed by atoms with E-state index in [0.29, 0.717) is 10.4 Å². The molecule has 3 rings (SSSR count). The summed E-state index contributed by atoms with van der Waals surface area (Å²) >= 11 is 2.15. The molecule has 1 aromatic carbocycles. The first kappa shape index (κ1) is 17.4. The number of nitrogens with one attached hydrogen (secondary N) is 1. The number of thiophene rings is 1. The first-order valence-electron chi connectivity index (χ1n) is 7.37. The lowest BCUT2D eigenvalue weighted by Gasteiger charge is -2.12. The average Bonchev–Trinajstić information content (AvgIpc) is 3.21. The molecule has 25 heavy (non-hydrogen) atoms. The van der Waals surface area contributed by atoms with Gasteiger partial charge in [-0.1, -0.05) is 18.2 Å². The fraction of sp³-hybridized carbons (Fsp3) is 0.118. The third-order valence-corrected chi connectivity index (χ3v) is 5.18. The van der Waals surface area contributed by atoms with Gasteiger partial charge in [0.25, 0.3) is 17.1 Å². The summed E-state index contributed by atoms with van der Waals surface area (Å²) < 4.78 is 12.9. The minimum atomic E-state index is -0.412. The molecule has 2 aromatic rings. The third-order valence-electron chi connectivity index (χ3n) is 3.41. The van der Waals surface area contributed by atoms with Crippen LogP contribution in [0.25, 0.3) is 6.08 Å². The highest BCUT2D eigenvalue weighted by Crippen LogP contribution is 2.31. The lowest BCUT2D eigenvalue weighted by atomic mass is 10.2. The van der Waals surface area contributed by atoms with Gasteiger partial charge in [-0.3, -0.25) is 19.3 Å². The minimum absolute atomic E-state index is 0.0997. The lowest BCUT2D eigenvalue weighted by Crippen LogP contribution is -2.37. The number of hydrogen-bond acceptors (Lipinski definition) is 5. The van der Waals surface area contributed by atoms with Gasteiger partial charge in [0.1, 0.15) is 5.82 Å². The second-order valence-electron chi connectivity index (χ2n) is 5.12. The minimum Gasteiger partial charge on any atom is -0.350 e. The van der Waals surface area contributed by atoms with Crippen LogP contribution in [0.5, 0.6) is 0 Å². The molecule has 0 aliphatic carbocycles. The van der Waals surface area contributed by atoms with Crippen LogP contribution in [-0.2, 0) is 4.79 Å². The Morgan fingerprint density at radius 3 is 2.64 bits per heavy atom. The van der Waals surface area contributed by atoms with Crippen molar-refractivity contribution in [2.24, 2.45) is 0 Å². The predicted octanol–water partition coefficient (Wildman–Crippen LogP) is 3.35. The Morgan fingerprint density at radius 2 is 1.96 bits per heavy atom. The van der Waals surface area contributed by atoms with Crippen LogP contribution < -0.4 is 5.32 Å². The predicted molar refractivity (Wildman–Crippen MR) is 95.7 cm³/mol. The lowest BCUT2D eigenvalue weighted by molar-refractivity contribution is -0.122. The zero-order chi connectivity index (χ0) is 17.8. The number of imide groups is 1.